The van der Waals surface area contributed by atoms with Crippen molar-refractivity contribution in [1.82, 2.24) is 4.90 Å². The Morgan fingerprint density at radius 1 is 1.04 bits per heavy atom. The second-order valence-electron chi connectivity index (χ2n) is 7.58. The number of carbonyl (C=O) groups is 1. The smallest absolute Gasteiger partial charge is 0.223 e. The van der Waals surface area contributed by atoms with Gasteiger partial charge in [0.1, 0.15) is 0 Å². The summed E-state index contributed by atoms with van der Waals surface area (Å²) in [7, 11) is -3.03. The van der Waals surface area contributed by atoms with Crippen LogP contribution >= 0.6 is 0 Å². The standard InChI is InChI=1S/C23H29NO3S/c1-2-3-15-24(21-14-16-28(26,27)18-21)23(25)17-22(19-10-6-4-7-11-19)20-12-8-5-9-13-20/h4-13,21-22H,2-3,14-18H2,1H3. The zero-order chi connectivity index (χ0) is 20.0. The highest BCUT2D eigenvalue weighted by molar-refractivity contribution is 7.91. The van der Waals surface area contributed by atoms with Crippen molar-refractivity contribution < 1.29 is 13.2 Å². The molecule has 0 spiro atoms. The number of rotatable bonds is 8. The molecule has 1 unspecified atom stereocenters. The molecule has 0 N–H and O–H groups in total. The highest BCUT2D eigenvalue weighted by atomic mass is 32.2. The monoisotopic (exact) mass is 399 g/mol. The SMILES string of the molecule is CCCCN(C(=O)CC(c1ccccc1)c1ccccc1)C1CCS(=O)(=O)C1. The number of sulfone groups is 1. The molecule has 1 atom stereocenters. The van der Waals surface area contributed by atoms with E-state index in [4.69, 9.17) is 0 Å². The number of unbranched alkanes of at least 4 members (excludes halogenated alkanes) is 1. The van der Waals surface area contributed by atoms with Gasteiger partial charge in [-0.1, -0.05) is 74.0 Å². The molecule has 5 heteroatoms. The largest absolute Gasteiger partial charge is 0.339 e. The van der Waals surface area contributed by atoms with Crippen molar-refractivity contribution in [1.29, 1.82) is 0 Å². The third-order valence-electron chi connectivity index (χ3n) is 5.50. The Balaban J connectivity index is 1.84. The van der Waals surface area contributed by atoms with Crippen LogP contribution in [0.25, 0.3) is 0 Å². The molecule has 0 aliphatic carbocycles. The van der Waals surface area contributed by atoms with Gasteiger partial charge in [0.25, 0.3) is 0 Å². The lowest BCUT2D eigenvalue weighted by molar-refractivity contribution is -0.133. The van der Waals surface area contributed by atoms with E-state index < -0.39 is 9.84 Å². The summed E-state index contributed by atoms with van der Waals surface area (Å²) in [6.45, 7) is 2.72. The Morgan fingerprint density at radius 3 is 2.07 bits per heavy atom. The molecule has 0 radical (unpaired) electrons. The van der Waals surface area contributed by atoms with E-state index in [-0.39, 0.29) is 29.4 Å². The number of carbonyl (C=O) groups excluding carboxylic acids is 1. The second kappa shape index (κ2) is 9.37. The van der Waals surface area contributed by atoms with Crippen LogP contribution in [0.4, 0.5) is 0 Å². The fourth-order valence-electron chi connectivity index (χ4n) is 3.95. The van der Waals surface area contributed by atoms with E-state index >= 15 is 0 Å². The summed E-state index contributed by atoms with van der Waals surface area (Å²) in [5, 5.41) is 0. The van der Waals surface area contributed by atoms with Gasteiger partial charge in [-0.3, -0.25) is 4.79 Å². The van der Waals surface area contributed by atoms with E-state index in [1.165, 1.54) is 0 Å². The molecule has 2 aromatic rings. The maximum Gasteiger partial charge on any atom is 0.223 e. The first-order valence-corrected chi connectivity index (χ1v) is 11.9. The molecule has 3 rings (SSSR count). The van der Waals surface area contributed by atoms with Crippen LogP contribution < -0.4 is 0 Å². The number of hydrogen-bond donors (Lipinski definition) is 0. The van der Waals surface area contributed by atoms with Crippen molar-refractivity contribution in [3.8, 4) is 0 Å². The van der Waals surface area contributed by atoms with E-state index in [2.05, 4.69) is 31.2 Å². The number of hydrogen-bond acceptors (Lipinski definition) is 3. The Labute approximate surface area is 168 Å². The first kappa shape index (κ1) is 20.6. The molecule has 1 heterocycles. The predicted octanol–water partition coefficient (Wildman–Crippen LogP) is 4.02. The molecule has 150 valence electrons. The van der Waals surface area contributed by atoms with Gasteiger partial charge in [-0.05, 0) is 24.0 Å². The van der Waals surface area contributed by atoms with E-state index in [0.29, 0.717) is 19.4 Å². The molecule has 4 nitrogen and oxygen atoms in total. The van der Waals surface area contributed by atoms with Gasteiger partial charge in [0, 0.05) is 24.9 Å². The van der Waals surface area contributed by atoms with Gasteiger partial charge in [-0.2, -0.15) is 0 Å². The maximum atomic E-state index is 13.3. The average Bonchev–Trinajstić information content (AvgIpc) is 3.07. The lowest BCUT2D eigenvalue weighted by Gasteiger charge is -2.30. The molecule has 1 amide bonds. The summed E-state index contributed by atoms with van der Waals surface area (Å²) in [5.41, 5.74) is 2.22. The summed E-state index contributed by atoms with van der Waals surface area (Å²) >= 11 is 0. The van der Waals surface area contributed by atoms with Gasteiger partial charge >= 0.3 is 0 Å². The predicted molar refractivity (Wildman–Crippen MR) is 113 cm³/mol. The molecule has 0 aromatic heterocycles. The fourth-order valence-corrected chi connectivity index (χ4v) is 5.68. The van der Waals surface area contributed by atoms with Crippen LogP contribution in [0.5, 0.6) is 0 Å². The van der Waals surface area contributed by atoms with Crippen molar-refractivity contribution in [3.63, 3.8) is 0 Å². The quantitative estimate of drug-likeness (QED) is 0.674. The zero-order valence-electron chi connectivity index (χ0n) is 16.5. The minimum absolute atomic E-state index is 0.0305. The number of nitrogens with zero attached hydrogens (tertiary/aromatic N) is 1. The van der Waals surface area contributed by atoms with Crippen LogP contribution in [0.1, 0.15) is 49.7 Å². The molecular weight excluding hydrogens is 370 g/mol. The van der Waals surface area contributed by atoms with Gasteiger partial charge in [-0.15, -0.1) is 0 Å². The van der Waals surface area contributed by atoms with Crippen LogP contribution in [0, 0.1) is 0 Å². The molecule has 1 aliphatic rings. The van der Waals surface area contributed by atoms with Crippen molar-refractivity contribution in [2.24, 2.45) is 0 Å². The maximum absolute atomic E-state index is 13.3. The van der Waals surface area contributed by atoms with Crippen molar-refractivity contribution >= 4 is 15.7 Å². The van der Waals surface area contributed by atoms with Crippen molar-refractivity contribution in [2.75, 3.05) is 18.1 Å². The molecule has 0 saturated carbocycles. The van der Waals surface area contributed by atoms with E-state index in [1.807, 2.05) is 41.3 Å². The third-order valence-corrected chi connectivity index (χ3v) is 7.26. The summed E-state index contributed by atoms with van der Waals surface area (Å²) in [4.78, 5) is 15.2. The molecule has 1 fully saturated rings. The summed E-state index contributed by atoms with van der Waals surface area (Å²) in [5.74, 6) is 0.309. The molecule has 1 aliphatic heterocycles. The average molecular weight is 400 g/mol. The first-order chi connectivity index (χ1) is 13.5. The Morgan fingerprint density at radius 2 is 1.61 bits per heavy atom. The zero-order valence-corrected chi connectivity index (χ0v) is 17.3. The van der Waals surface area contributed by atoms with Crippen molar-refractivity contribution in [3.05, 3.63) is 71.8 Å². The minimum atomic E-state index is -3.03. The van der Waals surface area contributed by atoms with Crippen molar-refractivity contribution in [2.45, 2.75) is 44.6 Å². The summed E-state index contributed by atoms with van der Waals surface area (Å²) < 4.78 is 23.9. The van der Waals surface area contributed by atoms with Gasteiger partial charge in [0.05, 0.1) is 11.5 Å². The fraction of sp³-hybridized carbons (Fsp3) is 0.435. The number of amides is 1. The molecular formula is C23H29NO3S. The van der Waals surface area contributed by atoms with Gasteiger partial charge in [0.2, 0.25) is 5.91 Å². The topological polar surface area (TPSA) is 54.5 Å². The lowest BCUT2D eigenvalue weighted by atomic mass is 9.88. The molecule has 2 aromatic carbocycles. The highest BCUT2D eigenvalue weighted by Gasteiger charge is 2.35. The van der Waals surface area contributed by atoms with E-state index in [1.54, 1.807) is 0 Å². The van der Waals surface area contributed by atoms with Crippen LogP contribution in [-0.4, -0.2) is 43.3 Å². The first-order valence-electron chi connectivity index (χ1n) is 10.1. The molecule has 1 saturated heterocycles. The van der Waals surface area contributed by atoms with Crippen LogP contribution in [0.2, 0.25) is 0 Å². The van der Waals surface area contributed by atoms with Crippen LogP contribution in [0.3, 0.4) is 0 Å². The highest BCUT2D eigenvalue weighted by Crippen LogP contribution is 2.30. The van der Waals surface area contributed by atoms with E-state index in [0.717, 1.165) is 24.0 Å². The molecule has 28 heavy (non-hydrogen) atoms. The summed E-state index contributed by atoms with van der Waals surface area (Å²) in [6, 6.07) is 20.0. The van der Waals surface area contributed by atoms with E-state index in [9.17, 15) is 13.2 Å². The van der Waals surface area contributed by atoms with Crippen LogP contribution in [-0.2, 0) is 14.6 Å². The Bertz CT molecular complexity index is 826. The Kier molecular flexibility index (Phi) is 6.89. The lowest BCUT2D eigenvalue weighted by Crippen LogP contribution is -2.42. The minimum Gasteiger partial charge on any atom is -0.339 e. The number of benzene rings is 2. The normalized spacial score (nSPS) is 18.3. The van der Waals surface area contributed by atoms with Gasteiger partial charge in [-0.25, -0.2) is 8.42 Å². The molecule has 0 bridgehead atoms. The third kappa shape index (κ3) is 5.22. The van der Waals surface area contributed by atoms with Gasteiger partial charge in [0.15, 0.2) is 9.84 Å². The summed E-state index contributed by atoms with van der Waals surface area (Å²) in [6.07, 6.45) is 2.78. The Hall–Kier alpha value is -2.14. The van der Waals surface area contributed by atoms with Gasteiger partial charge < -0.3 is 4.90 Å². The second-order valence-corrected chi connectivity index (χ2v) is 9.80. The van der Waals surface area contributed by atoms with Crippen LogP contribution in [0.15, 0.2) is 60.7 Å².